The van der Waals surface area contributed by atoms with Gasteiger partial charge in [-0.15, -0.1) is 0 Å². The van der Waals surface area contributed by atoms with Crippen LogP contribution in [0.3, 0.4) is 0 Å². The number of nitrogens with one attached hydrogen (secondary N) is 1. The summed E-state index contributed by atoms with van der Waals surface area (Å²) in [5.74, 6) is -0.0598. The third-order valence-corrected chi connectivity index (χ3v) is 15.8. The van der Waals surface area contributed by atoms with Gasteiger partial charge in [0.05, 0.1) is 18.8 Å². The van der Waals surface area contributed by atoms with Gasteiger partial charge in [0, 0.05) is 6.42 Å². The van der Waals surface area contributed by atoms with Gasteiger partial charge in [-0.2, -0.15) is 0 Å². The SMILES string of the molecule is CCCCCCC/C=C\C/C=C\C/C=C\CCCCCCCCCCCCCCCCC(=O)NC(CO)C(O)/C=C/CCCCCCCCCCCCCCCCCCCCCCCCCCCCCCCCC. The zero-order chi connectivity index (χ0) is 53.4. The Balaban J connectivity index is 3.44. The Bertz CT molecular complexity index is 1170. The number of amides is 1. The lowest BCUT2D eigenvalue weighted by Crippen LogP contribution is -2.45. The van der Waals surface area contributed by atoms with Crippen LogP contribution in [0.1, 0.15) is 373 Å². The number of rotatable bonds is 63. The van der Waals surface area contributed by atoms with Gasteiger partial charge in [0.1, 0.15) is 0 Å². The summed E-state index contributed by atoms with van der Waals surface area (Å²) in [6, 6.07) is -0.625. The van der Waals surface area contributed by atoms with Crippen LogP contribution in [0.4, 0.5) is 0 Å². The number of aliphatic hydroxyl groups is 2. The number of carbonyl (C=O) groups excluding carboxylic acids is 1. The molecule has 0 rings (SSSR count). The van der Waals surface area contributed by atoms with E-state index < -0.39 is 12.1 Å². The number of allylic oxidation sites excluding steroid dienone is 7. The van der Waals surface area contributed by atoms with Crippen LogP contribution < -0.4 is 5.32 Å². The fourth-order valence-electron chi connectivity index (χ4n) is 10.7. The molecule has 0 aromatic carbocycles. The molecule has 0 spiro atoms. The van der Waals surface area contributed by atoms with Gasteiger partial charge < -0.3 is 15.5 Å². The van der Waals surface area contributed by atoms with Crippen LogP contribution in [0, 0.1) is 0 Å². The van der Waals surface area contributed by atoms with Crippen molar-refractivity contribution in [2.75, 3.05) is 6.61 Å². The topological polar surface area (TPSA) is 69.6 Å². The Hall–Kier alpha value is -1.65. The second kappa shape index (κ2) is 65.6. The van der Waals surface area contributed by atoms with E-state index in [1.54, 1.807) is 6.08 Å². The van der Waals surface area contributed by atoms with Crippen molar-refractivity contribution in [3.05, 3.63) is 48.6 Å². The predicted molar refractivity (Wildman–Crippen MR) is 331 cm³/mol. The highest BCUT2D eigenvalue weighted by Crippen LogP contribution is 2.19. The van der Waals surface area contributed by atoms with E-state index in [0.29, 0.717) is 6.42 Å². The highest BCUT2D eigenvalue weighted by molar-refractivity contribution is 5.76. The zero-order valence-corrected chi connectivity index (χ0v) is 50.4. The normalized spacial score (nSPS) is 13.0. The summed E-state index contributed by atoms with van der Waals surface area (Å²) < 4.78 is 0. The van der Waals surface area contributed by atoms with E-state index in [0.717, 1.165) is 38.5 Å². The first-order valence-corrected chi connectivity index (χ1v) is 33.9. The van der Waals surface area contributed by atoms with E-state index in [1.165, 1.54) is 315 Å². The first-order valence-electron chi connectivity index (χ1n) is 33.9. The quantitative estimate of drug-likeness (QED) is 0.0420. The van der Waals surface area contributed by atoms with Gasteiger partial charge in [-0.3, -0.25) is 4.79 Å². The summed E-state index contributed by atoms with van der Waals surface area (Å²) in [5.41, 5.74) is 0. The number of aliphatic hydroxyl groups excluding tert-OH is 2. The maximum absolute atomic E-state index is 12.5. The van der Waals surface area contributed by atoms with Gasteiger partial charge in [0.2, 0.25) is 5.91 Å². The van der Waals surface area contributed by atoms with Crippen molar-refractivity contribution >= 4 is 5.91 Å². The molecule has 436 valence electrons. The third kappa shape index (κ3) is 61.2. The highest BCUT2D eigenvalue weighted by Gasteiger charge is 2.18. The lowest BCUT2D eigenvalue weighted by molar-refractivity contribution is -0.123. The highest BCUT2D eigenvalue weighted by atomic mass is 16.3. The molecule has 0 aromatic heterocycles. The van der Waals surface area contributed by atoms with Crippen LogP contribution in [0.5, 0.6) is 0 Å². The summed E-state index contributed by atoms with van der Waals surface area (Å²) in [6.45, 7) is 4.34. The minimum absolute atomic E-state index is 0.0598. The van der Waals surface area contributed by atoms with Crippen molar-refractivity contribution in [3.8, 4) is 0 Å². The van der Waals surface area contributed by atoms with E-state index in [2.05, 4.69) is 55.6 Å². The summed E-state index contributed by atoms with van der Waals surface area (Å²) in [4.78, 5) is 12.5. The molecule has 0 aromatic rings. The fraction of sp³-hybridized carbons (Fsp3) is 0.871. The van der Waals surface area contributed by atoms with E-state index in [-0.39, 0.29) is 12.5 Å². The molecule has 0 aliphatic rings. The number of hydrogen-bond acceptors (Lipinski definition) is 3. The molecule has 3 N–H and O–H groups in total. The molecule has 4 heteroatoms. The van der Waals surface area contributed by atoms with Gasteiger partial charge >= 0.3 is 0 Å². The Morgan fingerprint density at radius 2 is 0.554 bits per heavy atom. The molecule has 0 aliphatic heterocycles. The van der Waals surface area contributed by atoms with E-state index in [4.69, 9.17) is 0 Å². The summed E-state index contributed by atoms with van der Waals surface area (Å²) in [7, 11) is 0. The predicted octanol–water partition coefficient (Wildman–Crippen LogP) is 22.9. The first-order chi connectivity index (χ1) is 36.7. The Labute approximate surface area is 464 Å². The molecule has 4 nitrogen and oxygen atoms in total. The summed E-state index contributed by atoms with van der Waals surface area (Å²) in [6.07, 6.45) is 91.9. The van der Waals surface area contributed by atoms with Gasteiger partial charge in [-0.05, 0) is 57.8 Å². The monoisotopic (exact) mass is 1040 g/mol. The van der Waals surface area contributed by atoms with Crippen LogP contribution in [0.15, 0.2) is 48.6 Å². The van der Waals surface area contributed by atoms with Crippen molar-refractivity contribution in [2.45, 2.75) is 386 Å². The minimum atomic E-state index is -0.842. The molecule has 0 bridgehead atoms. The number of carbonyl (C=O) groups is 1. The molecule has 0 aliphatic carbocycles. The molecule has 0 fully saturated rings. The summed E-state index contributed by atoms with van der Waals surface area (Å²) >= 11 is 0. The fourth-order valence-corrected chi connectivity index (χ4v) is 10.7. The molecular weight excluding hydrogens is 903 g/mol. The standard InChI is InChI=1S/C70H133NO3/c1-3-5-7-9-11-13-15-17-19-21-23-25-27-29-31-33-34-35-36-38-39-41-43-45-47-49-51-53-55-57-59-61-63-65-69(73)68(67-72)71-70(74)66-64-62-60-58-56-54-52-50-48-46-44-42-40-37-32-30-28-26-24-22-20-18-16-14-12-10-8-6-4-2/h16,18,22,24,28,30,63,65,68-69,72-73H,3-15,17,19-21,23,25-27,29,31-62,64,66-67H2,1-2H3,(H,71,74)/b18-16-,24-22-,30-28-,65-63+. The average molecular weight is 1040 g/mol. The summed E-state index contributed by atoms with van der Waals surface area (Å²) in [5, 5.41) is 23.3. The van der Waals surface area contributed by atoms with Crippen molar-refractivity contribution in [1.82, 2.24) is 5.32 Å². The van der Waals surface area contributed by atoms with Crippen LogP contribution in [-0.4, -0.2) is 34.9 Å². The van der Waals surface area contributed by atoms with Gasteiger partial charge in [0.15, 0.2) is 0 Å². The lowest BCUT2D eigenvalue weighted by Gasteiger charge is -2.20. The maximum Gasteiger partial charge on any atom is 0.220 e. The third-order valence-electron chi connectivity index (χ3n) is 15.8. The molecule has 2 atom stereocenters. The Kier molecular flexibility index (Phi) is 64.2. The molecule has 1 amide bonds. The number of unbranched alkanes of at least 4 members (excludes halogenated alkanes) is 50. The largest absolute Gasteiger partial charge is 0.394 e. The Morgan fingerprint density at radius 3 is 0.824 bits per heavy atom. The van der Waals surface area contributed by atoms with E-state index >= 15 is 0 Å². The molecule has 0 heterocycles. The number of hydrogen-bond donors (Lipinski definition) is 3. The van der Waals surface area contributed by atoms with Gasteiger partial charge in [0.25, 0.3) is 0 Å². The molecule has 0 radical (unpaired) electrons. The molecule has 2 unspecified atom stereocenters. The molecule has 0 saturated carbocycles. The van der Waals surface area contributed by atoms with Crippen LogP contribution in [-0.2, 0) is 4.79 Å². The van der Waals surface area contributed by atoms with E-state index in [1.807, 2.05) is 6.08 Å². The lowest BCUT2D eigenvalue weighted by atomic mass is 10.0. The van der Waals surface area contributed by atoms with Crippen LogP contribution in [0.2, 0.25) is 0 Å². The first kappa shape index (κ1) is 72.3. The minimum Gasteiger partial charge on any atom is -0.394 e. The van der Waals surface area contributed by atoms with Crippen molar-refractivity contribution in [2.24, 2.45) is 0 Å². The van der Waals surface area contributed by atoms with Crippen LogP contribution in [0.25, 0.3) is 0 Å². The molecule has 0 saturated heterocycles. The zero-order valence-electron chi connectivity index (χ0n) is 50.4. The van der Waals surface area contributed by atoms with Gasteiger partial charge in [-0.1, -0.05) is 358 Å². The van der Waals surface area contributed by atoms with Crippen LogP contribution >= 0.6 is 0 Å². The maximum atomic E-state index is 12.5. The molecule has 74 heavy (non-hydrogen) atoms. The van der Waals surface area contributed by atoms with Gasteiger partial charge in [-0.25, -0.2) is 0 Å². The van der Waals surface area contributed by atoms with Crippen molar-refractivity contribution < 1.29 is 15.0 Å². The van der Waals surface area contributed by atoms with Crippen molar-refractivity contribution in [1.29, 1.82) is 0 Å². The Morgan fingerprint density at radius 1 is 0.324 bits per heavy atom. The second-order valence-electron chi connectivity index (χ2n) is 23.2. The van der Waals surface area contributed by atoms with Crippen molar-refractivity contribution in [3.63, 3.8) is 0 Å². The molecular formula is C70H133NO3. The van der Waals surface area contributed by atoms with E-state index in [9.17, 15) is 15.0 Å². The second-order valence-corrected chi connectivity index (χ2v) is 23.2. The average Bonchev–Trinajstić information content (AvgIpc) is 3.40. The smallest absolute Gasteiger partial charge is 0.220 e.